The van der Waals surface area contributed by atoms with Crippen LogP contribution in [0.25, 0.3) is 0 Å². The summed E-state index contributed by atoms with van der Waals surface area (Å²) in [6.45, 7) is 4.89. The van der Waals surface area contributed by atoms with E-state index in [-0.39, 0.29) is 36.1 Å². The summed E-state index contributed by atoms with van der Waals surface area (Å²) in [6, 6.07) is 0. The minimum Gasteiger partial charge on any atom is -0.384 e. The zero-order valence-corrected chi connectivity index (χ0v) is 15.5. The van der Waals surface area contributed by atoms with Crippen molar-refractivity contribution in [2.24, 2.45) is 5.41 Å². The normalized spacial score (nSPS) is 16.3. The van der Waals surface area contributed by atoms with E-state index in [0.717, 1.165) is 43.1 Å². The fourth-order valence-electron chi connectivity index (χ4n) is 2.63. The number of ether oxygens (including phenoxy) is 1. The summed E-state index contributed by atoms with van der Waals surface area (Å²) in [4.78, 5) is 16.9. The van der Waals surface area contributed by atoms with Crippen LogP contribution in [0, 0.1) is 12.3 Å². The van der Waals surface area contributed by atoms with E-state index in [2.05, 4.69) is 21.0 Å². The number of aromatic nitrogens is 1. The minimum absolute atomic E-state index is 0. The molecule has 0 saturated carbocycles. The molecule has 2 rings (SSSR count). The van der Waals surface area contributed by atoms with Gasteiger partial charge in [0.05, 0.1) is 22.7 Å². The van der Waals surface area contributed by atoms with Crippen LogP contribution in [0.2, 0.25) is 0 Å². The van der Waals surface area contributed by atoms with Gasteiger partial charge in [0.15, 0.2) is 0 Å². The van der Waals surface area contributed by atoms with Crippen LogP contribution in [0.5, 0.6) is 0 Å². The number of carbonyl (C=O) groups excluding carboxylic acids is 1. The molecule has 0 aromatic carbocycles. The highest BCUT2D eigenvalue weighted by molar-refractivity contribution is 7.09. The second-order valence-electron chi connectivity index (χ2n) is 5.33. The molecular weight excluding hydrogens is 345 g/mol. The summed E-state index contributed by atoms with van der Waals surface area (Å²) in [7, 11) is 1.66. The third-order valence-electron chi connectivity index (χ3n) is 3.80. The summed E-state index contributed by atoms with van der Waals surface area (Å²) >= 11 is 1.65. The predicted molar refractivity (Wildman–Crippen MR) is 94.5 cm³/mol. The van der Waals surface area contributed by atoms with Crippen molar-refractivity contribution in [2.75, 3.05) is 33.4 Å². The Hall–Kier alpha value is -0.400. The number of halogens is 2. The largest absolute Gasteiger partial charge is 0.384 e. The van der Waals surface area contributed by atoms with Gasteiger partial charge in [0.1, 0.15) is 0 Å². The molecule has 2 heterocycles. The molecular formula is C14H25Cl2N3O2S. The standard InChI is InChI=1S/C14H23N3O2S.2ClH/c1-11-17-12(9-20-11)3-6-16-13(18)14(10-19-2)4-7-15-8-5-14;;/h9,15H,3-8,10H2,1-2H3,(H,16,18);2*1H. The van der Waals surface area contributed by atoms with Crippen LogP contribution in [0.3, 0.4) is 0 Å². The van der Waals surface area contributed by atoms with Gasteiger partial charge < -0.3 is 15.4 Å². The van der Waals surface area contributed by atoms with E-state index in [1.165, 1.54) is 0 Å². The topological polar surface area (TPSA) is 63.2 Å². The molecule has 1 aromatic rings. The van der Waals surface area contributed by atoms with Crippen molar-refractivity contribution in [1.82, 2.24) is 15.6 Å². The minimum atomic E-state index is -0.363. The Morgan fingerprint density at radius 2 is 2.14 bits per heavy atom. The summed E-state index contributed by atoms with van der Waals surface area (Å²) in [5, 5.41) is 9.47. The number of rotatable bonds is 6. The molecule has 22 heavy (non-hydrogen) atoms. The predicted octanol–water partition coefficient (Wildman–Crippen LogP) is 1.97. The maximum absolute atomic E-state index is 12.5. The van der Waals surface area contributed by atoms with Crippen LogP contribution in [0.15, 0.2) is 5.38 Å². The number of piperidine rings is 1. The van der Waals surface area contributed by atoms with E-state index < -0.39 is 0 Å². The van der Waals surface area contributed by atoms with Crippen molar-refractivity contribution in [1.29, 1.82) is 0 Å². The summed E-state index contributed by atoms with van der Waals surface area (Å²) in [5.74, 6) is 0.118. The molecule has 0 radical (unpaired) electrons. The molecule has 1 fully saturated rings. The van der Waals surface area contributed by atoms with E-state index >= 15 is 0 Å². The van der Waals surface area contributed by atoms with Gasteiger partial charge in [-0.1, -0.05) is 0 Å². The maximum Gasteiger partial charge on any atom is 0.228 e. The number of amides is 1. The fraction of sp³-hybridized carbons (Fsp3) is 0.714. The first-order valence-electron chi connectivity index (χ1n) is 7.05. The molecule has 128 valence electrons. The molecule has 0 aliphatic carbocycles. The third kappa shape index (κ3) is 5.66. The molecule has 0 unspecified atom stereocenters. The summed E-state index contributed by atoms with van der Waals surface area (Å²) in [6.07, 6.45) is 2.46. The molecule has 0 atom stereocenters. The number of nitrogens with zero attached hydrogens (tertiary/aromatic N) is 1. The van der Waals surface area contributed by atoms with Crippen LogP contribution in [0.4, 0.5) is 0 Å². The third-order valence-corrected chi connectivity index (χ3v) is 4.62. The molecule has 1 aliphatic rings. The molecule has 8 heteroatoms. The monoisotopic (exact) mass is 369 g/mol. The van der Waals surface area contributed by atoms with Crippen LogP contribution in [0.1, 0.15) is 23.5 Å². The second-order valence-corrected chi connectivity index (χ2v) is 6.39. The molecule has 1 aliphatic heterocycles. The number of carbonyl (C=O) groups is 1. The van der Waals surface area contributed by atoms with E-state index in [4.69, 9.17) is 4.74 Å². The molecule has 5 nitrogen and oxygen atoms in total. The van der Waals surface area contributed by atoms with Crippen molar-refractivity contribution in [3.63, 3.8) is 0 Å². The average Bonchev–Trinajstić information content (AvgIpc) is 2.86. The Morgan fingerprint density at radius 3 is 2.68 bits per heavy atom. The van der Waals surface area contributed by atoms with Crippen LogP contribution >= 0.6 is 36.2 Å². The van der Waals surface area contributed by atoms with E-state index in [0.29, 0.717) is 13.2 Å². The quantitative estimate of drug-likeness (QED) is 0.804. The lowest BCUT2D eigenvalue weighted by atomic mass is 9.78. The first-order valence-corrected chi connectivity index (χ1v) is 7.93. The molecule has 1 aromatic heterocycles. The molecule has 0 bridgehead atoms. The van der Waals surface area contributed by atoms with E-state index in [1.54, 1.807) is 18.4 Å². The van der Waals surface area contributed by atoms with Gasteiger partial charge in [-0.3, -0.25) is 4.79 Å². The van der Waals surface area contributed by atoms with Crippen LogP contribution in [-0.4, -0.2) is 44.2 Å². The maximum atomic E-state index is 12.5. The fourth-order valence-corrected chi connectivity index (χ4v) is 3.28. The van der Waals surface area contributed by atoms with Gasteiger partial charge in [-0.25, -0.2) is 4.98 Å². The van der Waals surface area contributed by atoms with Gasteiger partial charge in [-0.05, 0) is 32.9 Å². The highest BCUT2D eigenvalue weighted by atomic mass is 35.5. The lowest BCUT2D eigenvalue weighted by Crippen LogP contribution is -2.50. The summed E-state index contributed by atoms with van der Waals surface area (Å²) < 4.78 is 5.27. The van der Waals surface area contributed by atoms with Gasteiger partial charge in [0.25, 0.3) is 0 Å². The van der Waals surface area contributed by atoms with Crippen molar-refractivity contribution < 1.29 is 9.53 Å². The number of hydrogen-bond acceptors (Lipinski definition) is 5. The highest BCUT2D eigenvalue weighted by Crippen LogP contribution is 2.29. The average molecular weight is 370 g/mol. The Bertz CT molecular complexity index is 446. The number of aryl methyl sites for hydroxylation is 1. The molecule has 2 N–H and O–H groups in total. The van der Waals surface area contributed by atoms with Crippen molar-refractivity contribution in [3.05, 3.63) is 16.1 Å². The lowest BCUT2D eigenvalue weighted by Gasteiger charge is -2.35. The van der Waals surface area contributed by atoms with Gasteiger partial charge in [-0.2, -0.15) is 0 Å². The van der Waals surface area contributed by atoms with E-state index in [1.807, 2.05) is 6.92 Å². The lowest BCUT2D eigenvalue weighted by molar-refractivity contribution is -0.136. The molecule has 1 amide bonds. The van der Waals surface area contributed by atoms with Gasteiger partial charge in [-0.15, -0.1) is 36.2 Å². The van der Waals surface area contributed by atoms with Crippen LogP contribution < -0.4 is 10.6 Å². The SMILES string of the molecule is COCC1(C(=O)NCCc2csc(C)n2)CCNCC1.Cl.Cl. The summed E-state index contributed by atoms with van der Waals surface area (Å²) in [5.41, 5.74) is 0.691. The van der Waals surface area contributed by atoms with Gasteiger partial charge in [0.2, 0.25) is 5.91 Å². The zero-order valence-electron chi connectivity index (χ0n) is 13.0. The number of thiazole rings is 1. The second kappa shape index (κ2) is 10.4. The Morgan fingerprint density at radius 1 is 1.45 bits per heavy atom. The highest BCUT2D eigenvalue weighted by Gasteiger charge is 2.39. The first-order chi connectivity index (χ1) is 9.66. The van der Waals surface area contributed by atoms with E-state index in [9.17, 15) is 4.79 Å². The first kappa shape index (κ1) is 21.6. The van der Waals surface area contributed by atoms with Gasteiger partial charge in [0, 0.05) is 25.5 Å². The zero-order chi connectivity index (χ0) is 14.4. The Labute approximate surface area is 148 Å². The number of hydrogen-bond donors (Lipinski definition) is 2. The number of methoxy groups -OCH3 is 1. The molecule has 1 saturated heterocycles. The van der Waals surface area contributed by atoms with Crippen molar-refractivity contribution in [2.45, 2.75) is 26.2 Å². The van der Waals surface area contributed by atoms with Crippen LogP contribution in [-0.2, 0) is 16.0 Å². The van der Waals surface area contributed by atoms with Crippen molar-refractivity contribution in [3.8, 4) is 0 Å². The van der Waals surface area contributed by atoms with Crippen molar-refractivity contribution >= 4 is 42.1 Å². The molecule has 0 spiro atoms. The number of nitrogens with one attached hydrogen (secondary N) is 2. The van der Waals surface area contributed by atoms with Gasteiger partial charge >= 0.3 is 0 Å². The Balaban J connectivity index is 0.00000220. The smallest absolute Gasteiger partial charge is 0.228 e. The Kier molecular flexibility index (Phi) is 10.2.